The molecule has 0 radical (unpaired) electrons. The van der Waals surface area contributed by atoms with Crippen LogP contribution < -0.4 is 25.0 Å². The van der Waals surface area contributed by atoms with E-state index < -0.39 is 33.8 Å². The Labute approximate surface area is 273 Å². The highest BCUT2D eigenvalue weighted by atomic mass is 32.2. The number of ether oxygens (including phenoxy) is 2. The summed E-state index contributed by atoms with van der Waals surface area (Å²) in [4.78, 5) is 64.4. The second-order valence-corrected chi connectivity index (χ2v) is 11.4. The Hall–Kier alpha value is -5.95. The lowest BCUT2D eigenvalue weighted by atomic mass is 10.1. The normalized spacial score (nSPS) is 14.5. The number of para-hydroxylation sites is 1. The van der Waals surface area contributed by atoms with Crippen LogP contribution in [0.3, 0.4) is 0 Å². The Bertz CT molecular complexity index is 1860. The number of nitro groups is 1. The summed E-state index contributed by atoms with van der Waals surface area (Å²) in [5, 5.41) is 15.7. The summed E-state index contributed by atoms with van der Waals surface area (Å²) in [5.41, 5.74) is 1.34. The molecule has 1 atom stereocenters. The van der Waals surface area contributed by atoms with Crippen LogP contribution in [0.5, 0.6) is 11.5 Å². The van der Waals surface area contributed by atoms with Crippen molar-refractivity contribution in [3.05, 3.63) is 124 Å². The van der Waals surface area contributed by atoms with Gasteiger partial charge in [0.2, 0.25) is 11.8 Å². The van der Waals surface area contributed by atoms with Crippen molar-refractivity contribution in [3.63, 3.8) is 0 Å². The Balaban J connectivity index is 1.31. The highest BCUT2D eigenvalue weighted by Gasteiger charge is 2.40. The first-order chi connectivity index (χ1) is 22.7. The number of carbonyl (C=O) groups is 4. The number of nitro benzene ring substituents is 1. The molecule has 1 unspecified atom stereocenters. The molecule has 1 saturated heterocycles. The third kappa shape index (κ3) is 7.48. The Morgan fingerprint density at radius 2 is 1.62 bits per heavy atom. The smallest absolute Gasteiger partial charge is 0.272 e. The molecule has 0 spiro atoms. The van der Waals surface area contributed by atoms with E-state index in [2.05, 4.69) is 10.6 Å². The zero-order valence-corrected chi connectivity index (χ0v) is 26.0. The SMILES string of the molecule is COc1cccc(/C=C(\NC(=O)c2ccccc2)C(=O)Nc2ccc(SC3CC(=O)N(c4ccc([N+](=O)[O-])cc4)C3=O)cc2)c1OC. The molecular weight excluding hydrogens is 624 g/mol. The summed E-state index contributed by atoms with van der Waals surface area (Å²) in [5.74, 6) is -1.10. The lowest BCUT2D eigenvalue weighted by Crippen LogP contribution is -2.31. The van der Waals surface area contributed by atoms with Crippen molar-refractivity contribution in [2.75, 3.05) is 24.4 Å². The molecular formula is C34H28N4O8S. The van der Waals surface area contributed by atoms with E-state index in [1.54, 1.807) is 72.8 Å². The minimum absolute atomic E-state index is 0.0397. The first-order valence-corrected chi connectivity index (χ1v) is 15.0. The first-order valence-electron chi connectivity index (χ1n) is 14.2. The third-order valence-corrected chi connectivity index (χ3v) is 8.27. The van der Waals surface area contributed by atoms with Crippen LogP contribution in [0.1, 0.15) is 22.3 Å². The molecule has 4 aromatic rings. The molecule has 238 valence electrons. The second-order valence-electron chi connectivity index (χ2n) is 10.1. The van der Waals surface area contributed by atoms with Crippen molar-refractivity contribution in [2.24, 2.45) is 0 Å². The van der Waals surface area contributed by atoms with E-state index in [9.17, 15) is 29.3 Å². The number of hydrogen-bond donors (Lipinski definition) is 2. The number of benzene rings is 4. The van der Waals surface area contributed by atoms with Gasteiger partial charge in [0.1, 0.15) is 5.70 Å². The molecule has 2 N–H and O–H groups in total. The van der Waals surface area contributed by atoms with E-state index in [-0.39, 0.29) is 23.5 Å². The Morgan fingerprint density at radius 3 is 2.26 bits per heavy atom. The summed E-state index contributed by atoms with van der Waals surface area (Å²) >= 11 is 1.19. The van der Waals surface area contributed by atoms with Gasteiger partial charge in [0.05, 0.1) is 30.1 Å². The van der Waals surface area contributed by atoms with Crippen molar-refractivity contribution in [2.45, 2.75) is 16.6 Å². The van der Waals surface area contributed by atoms with Gasteiger partial charge in [-0.3, -0.25) is 29.3 Å². The largest absolute Gasteiger partial charge is 0.493 e. The number of rotatable bonds is 11. The van der Waals surface area contributed by atoms with Crippen LogP contribution in [-0.4, -0.2) is 48.0 Å². The van der Waals surface area contributed by atoms with Crippen molar-refractivity contribution in [3.8, 4) is 11.5 Å². The molecule has 0 aromatic heterocycles. The van der Waals surface area contributed by atoms with Crippen molar-refractivity contribution in [1.82, 2.24) is 5.32 Å². The summed E-state index contributed by atoms with van der Waals surface area (Å²) in [7, 11) is 2.97. The average molecular weight is 653 g/mol. The molecule has 0 aliphatic carbocycles. The van der Waals surface area contributed by atoms with Gasteiger partial charge in [0.15, 0.2) is 11.5 Å². The van der Waals surface area contributed by atoms with Gasteiger partial charge in [-0.1, -0.05) is 30.3 Å². The molecule has 4 amide bonds. The van der Waals surface area contributed by atoms with Gasteiger partial charge >= 0.3 is 0 Å². The monoisotopic (exact) mass is 652 g/mol. The summed E-state index contributed by atoms with van der Waals surface area (Å²) < 4.78 is 10.9. The van der Waals surface area contributed by atoms with E-state index in [0.717, 1.165) is 4.90 Å². The maximum Gasteiger partial charge on any atom is 0.272 e. The summed E-state index contributed by atoms with van der Waals surface area (Å²) in [6.07, 6.45) is 1.45. The van der Waals surface area contributed by atoms with E-state index in [0.29, 0.717) is 33.2 Å². The fourth-order valence-corrected chi connectivity index (χ4v) is 5.85. The van der Waals surface area contributed by atoms with Crippen LogP contribution in [0.4, 0.5) is 17.1 Å². The van der Waals surface area contributed by atoms with Crippen molar-refractivity contribution < 1.29 is 33.6 Å². The van der Waals surface area contributed by atoms with Gasteiger partial charge in [-0.25, -0.2) is 4.90 Å². The molecule has 1 heterocycles. The van der Waals surface area contributed by atoms with Crippen LogP contribution in [0.15, 0.2) is 108 Å². The van der Waals surface area contributed by atoms with Crippen LogP contribution >= 0.6 is 11.8 Å². The number of nitrogens with one attached hydrogen (secondary N) is 2. The standard InChI is InChI=1S/C34H28N4O8S/c1-45-28-10-6-9-22(31(28)46-2)19-27(36-32(40)21-7-4-3-5-8-21)33(41)35-23-11-17-26(18-12-23)47-29-20-30(39)37(34(29)42)24-13-15-25(16-14-24)38(43)44/h3-19,29H,20H2,1-2H3,(H,35,41)(H,36,40)/b27-19-. The van der Waals surface area contributed by atoms with Crippen LogP contribution in [-0.2, 0) is 14.4 Å². The highest BCUT2D eigenvalue weighted by molar-refractivity contribution is 8.00. The minimum Gasteiger partial charge on any atom is -0.493 e. The third-order valence-electron chi connectivity index (χ3n) is 7.08. The molecule has 12 nitrogen and oxygen atoms in total. The molecule has 4 aromatic carbocycles. The van der Waals surface area contributed by atoms with Gasteiger partial charge in [-0.15, -0.1) is 11.8 Å². The maximum absolute atomic E-state index is 13.5. The van der Waals surface area contributed by atoms with Crippen LogP contribution in [0, 0.1) is 10.1 Å². The predicted molar refractivity (Wildman–Crippen MR) is 176 cm³/mol. The van der Waals surface area contributed by atoms with Gasteiger partial charge in [0, 0.05) is 40.3 Å². The number of amides is 4. The highest BCUT2D eigenvalue weighted by Crippen LogP contribution is 2.35. The van der Waals surface area contributed by atoms with E-state index >= 15 is 0 Å². The number of hydrogen-bond acceptors (Lipinski definition) is 9. The number of methoxy groups -OCH3 is 2. The molecule has 0 saturated carbocycles. The zero-order chi connectivity index (χ0) is 33.5. The topological polar surface area (TPSA) is 157 Å². The molecule has 1 aliphatic rings. The van der Waals surface area contributed by atoms with Crippen molar-refractivity contribution >= 4 is 58.5 Å². The van der Waals surface area contributed by atoms with Crippen LogP contribution in [0.2, 0.25) is 0 Å². The number of carbonyl (C=O) groups excluding carboxylic acids is 4. The number of nitrogens with zero attached hydrogens (tertiary/aromatic N) is 2. The van der Waals surface area contributed by atoms with Gasteiger partial charge in [-0.2, -0.15) is 0 Å². The van der Waals surface area contributed by atoms with E-state index in [1.807, 2.05) is 0 Å². The fraction of sp³-hybridized carbons (Fsp3) is 0.118. The van der Waals surface area contributed by atoms with Gasteiger partial charge in [-0.05, 0) is 60.7 Å². The van der Waals surface area contributed by atoms with Gasteiger partial charge < -0.3 is 20.1 Å². The summed E-state index contributed by atoms with van der Waals surface area (Å²) in [6.45, 7) is 0. The molecule has 47 heavy (non-hydrogen) atoms. The Kier molecular flexibility index (Phi) is 9.96. The zero-order valence-electron chi connectivity index (χ0n) is 25.2. The molecule has 0 bridgehead atoms. The van der Waals surface area contributed by atoms with Gasteiger partial charge in [0.25, 0.3) is 17.5 Å². The molecule has 13 heteroatoms. The van der Waals surface area contributed by atoms with Crippen LogP contribution in [0.25, 0.3) is 6.08 Å². The first kappa shape index (κ1) is 32.4. The lowest BCUT2D eigenvalue weighted by Gasteiger charge is -2.15. The number of anilines is 2. The second kappa shape index (κ2) is 14.4. The molecule has 1 fully saturated rings. The minimum atomic E-state index is -0.696. The number of imide groups is 1. The quantitative estimate of drug-likeness (QED) is 0.0931. The number of non-ortho nitro benzene ring substituents is 1. The Morgan fingerprint density at radius 1 is 0.915 bits per heavy atom. The molecule has 5 rings (SSSR count). The average Bonchev–Trinajstić information content (AvgIpc) is 3.36. The maximum atomic E-state index is 13.5. The predicted octanol–water partition coefficient (Wildman–Crippen LogP) is 5.45. The molecule has 1 aliphatic heterocycles. The fourth-order valence-electron chi connectivity index (χ4n) is 4.79. The summed E-state index contributed by atoms with van der Waals surface area (Å²) in [6, 6.07) is 25.5. The lowest BCUT2D eigenvalue weighted by molar-refractivity contribution is -0.384. The number of thioether (sulfide) groups is 1. The van der Waals surface area contributed by atoms with E-state index in [4.69, 9.17) is 9.47 Å². The van der Waals surface area contributed by atoms with Crippen molar-refractivity contribution in [1.29, 1.82) is 0 Å². The van der Waals surface area contributed by atoms with E-state index in [1.165, 1.54) is 56.3 Å².